The van der Waals surface area contributed by atoms with Crippen LogP contribution >= 0.6 is 0 Å². The largest absolute Gasteiger partial charge is 0.300 e. The quantitative estimate of drug-likeness (QED) is 0.689. The Morgan fingerprint density at radius 1 is 1.36 bits per heavy atom. The summed E-state index contributed by atoms with van der Waals surface area (Å²) in [4.78, 5) is 14.1. The van der Waals surface area contributed by atoms with Crippen LogP contribution in [-0.2, 0) is 4.79 Å². The Kier molecular flexibility index (Phi) is 2.91. The smallest absolute Gasteiger partial charge is 0.136 e. The number of hydrogen-bond donors (Lipinski definition) is 0. The van der Waals surface area contributed by atoms with Crippen molar-refractivity contribution in [3.8, 4) is 0 Å². The average molecular weight is 195 g/mol. The molecule has 3 atom stereocenters. The molecule has 14 heavy (non-hydrogen) atoms. The first-order valence-corrected chi connectivity index (χ1v) is 6.01. The van der Waals surface area contributed by atoms with E-state index in [1.54, 1.807) is 0 Å². The van der Waals surface area contributed by atoms with E-state index in [0.29, 0.717) is 23.9 Å². The Bertz CT molecular complexity index is 210. The molecule has 2 aliphatic heterocycles. The second kappa shape index (κ2) is 4.01. The van der Waals surface area contributed by atoms with Crippen molar-refractivity contribution in [2.45, 2.75) is 70.5 Å². The van der Waals surface area contributed by atoms with Crippen LogP contribution in [0.4, 0.5) is 0 Å². The van der Waals surface area contributed by atoms with Gasteiger partial charge in [-0.15, -0.1) is 0 Å². The highest BCUT2D eigenvalue weighted by Crippen LogP contribution is 2.36. The van der Waals surface area contributed by atoms with Gasteiger partial charge in [-0.05, 0) is 26.2 Å². The number of hydrogen-bond acceptors (Lipinski definition) is 2. The molecule has 0 aromatic rings. The maximum atomic E-state index is 11.4. The molecule has 0 aromatic carbocycles. The van der Waals surface area contributed by atoms with E-state index in [9.17, 15) is 4.79 Å². The zero-order valence-corrected chi connectivity index (χ0v) is 9.33. The summed E-state index contributed by atoms with van der Waals surface area (Å²) >= 11 is 0. The van der Waals surface area contributed by atoms with Crippen molar-refractivity contribution < 1.29 is 4.79 Å². The number of rotatable bonds is 3. The molecule has 2 aliphatic rings. The number of nitrogens with zero attached hydrogens (tertiary/aromatic N) is 1. The zero-order chi connectivity index (χ0) is 10.1. The summed E-state index contributed by atoms with van der Waals surface area (Å²) in [6, 6.07) is 1.86. The van der Waals surface area contributed by atoms with Crippen molar-refractivity contribution in [1.82, 2.24) is 4.90 Å². The lowest BCUT2D eigenvalue weighted by Crippen LogP contribution is -2.47. The van der Waals surface area contributed by atoms with Gasteiger partial charge in [-0.3, -0.25) is 9.69 Å². The van der Waals surface area contributed by atoms with E-state index in [1.807, 2.05) is 0 Å². The molecule has 0 spiro atoms. The highest BCUT2D eigenvalue weighted by Gasteiger charge is 2.41. The fourth-order valence-electron chi connectivity index (χ4n) is 3.29. The van der Waals surface area contributed by atoms with Crippen LogP contribution in [0.1, 0.15) is 52.4 Å². The molecule has 0 aliphatic carbocycles. The predicted octanol–water partition coefficient (Wildman–Crippen LogP) is 2.37. The van der Waals surface area contributed by atoms with E-state index in [0.717, 1.165) is 12.8 Å². The van der Waals surface area contributed by atoms with Crippen LogP contribution in [0.5, 0.6) is 0 Å². The van der Waals surface area contributed by atoms with Gasteiger partial charge in [0.2, 0.25) is 0 Å². The number of carbonyl (C=O) groups excluding carboxylic acids is 1. The van der Waals surface area contributed by atoms with Crippen LogP contribution in [0.2, 0.25) is 0 Å². The third kappa shape index (κ3) is 1.72. The molecule has 2 fully saturated rings. The Balaban J connectivity index is 2.03. The molecule has 2 heteroatoms. The first-order valence-electron chi connectivity index (χ1n) is 6.01. The van der Waals surface area contributed by atoms with Gasteiger partial charge in [0, 0.05) is 31.0 Å². The molecule has 2 rings (SSSR count). The SMILES string of the molecule is CCCC(C)N1[C@@H]2CC[C@H]1CC(=O)C2. The average Bonchev–Trinajstić information content (AvgIpc) is 2.39. The van der Waals surface area contributed by atoms with Crippen molar-refractivity contribution in [3.63, 3.8) is 0 Å². The third-order valence-corrected chi connectivity index (χ3v) is 3.82. The van der Waals surface area contributed by atoms with Gasteiger partial charge in [-0.1, -0.05) is 13.3 Å². The Morgan fingerprint density at radius 3 is 2.43 bits per heavy atom. The van der Waals surface area contributed by atoms with Gasteiger partial charge < -0.3 is 0 Å². The number of fused-ring (bicyclic) bond motifs is 2. The Morgan fingerprint density at radius 2 is 1.93 bits per heavy atom. The molecular weight excluding hydrogens is 174 g/mol. The fraction of sp³-hybridized carbons (Fsp3) is 0.917. The van der Waals surface area contributed by atoms with Gasteiger partial charge in [0.25, 0.3) is 0 Å². The minimum Gasteiger partial charge on any atom is -0.300 e. The van der Waals surface area contributed by atoms with E-state index in [1.165, 1.54) is 25.7 Å². The minimum absolute atomic E-state index is 0.498. The highest BCUT2D eigenvalue weighted by atomic mass is 16.1. The molecule has 1 unspecified atom stereocenters. The molecule has 2 bridgehead atoms. The van der Waals surface area contributed by atoms with Crippen molar-refractivity contribution in [2.24, 2.45) is 0 Å². The lowest BCUT2D eigenvalue weighted by Gasteiger charge is -2.38. The van der Waals surface area contributed by atoms with Crippen molar-refractivity contribution in [2.75, 3.05) is 0 Å². The first-order chi connectivity index (χ1) is 6.72. The molecular formula is C12H21NO. The normalized spacial score (nSPS) is 34.9. The minimum atomic E-state index is 0.498. The van der Waals surface area contributed by atoms with Crippen LogP contribution < -0.4 is 0 Å². The molecule has 0 aromatic heterocycles. The number of carbonyl (C=O) groups is 1. The van der Waals surface area contributed by atoms with Crippen molar-refractivity contribution >= 4 is 5.78 Å². The van der Waals surface area contributed by atoms with Crippen LogP contribution in [0.15, 0.2) is 0 Å². The van der Waals surface area contributed by atoms with E-state index in [-0.39, 0.29) is 0 Å². The van der Waals surface area contributed by atoms with Crippen LogP contribution in [0, 0.1) is 0 Å². The summed E-state index contributed by atoms with van der Waals surface area (Å²) in [5.74, 6) is 0.498. The van der Waals surface area contributed by atoms with Crippen LogP contribution in [0.25, 0.3) is 0 Å². The fourth-order valence-corrected chi connectivity index (χ4v) is 3.29. The van der Waals surface area contributed by atoms with E-state index in [2.05, 4.69) is 18.7 Å². The monoisotopic (exact) mass is 195 g/mol. The zero-order valence-electron chi connectivity index (χ0n) is 9.33. The number of Topliss-reactive ketones (excluding diaryl/α,β-unsaturated/α-hetero) is 1. The Labute approximate surface area is 86.7 Å². The lowest BCUT2D eigenvalue weighted by molar-refractivity contribution is -0.124. The van der Waals surface area contributed by atoms with E-state index < -0.39 is 0 Å². The standard InChI is InChI=1S/C12H21NO/c1-3-4-9(2)13-10-5-6-11(13)8-12(14)7-10/h9-11H,3-8H2,1-2H3/t9?,10-,11+. The summed E-state index contributed by atoms with van der Waals surface area (Å²) < 4.78 is 0. The van der Waals surface area contributed by atoms with Crippen molar-refractivity contribution in [3.05, 3.63) is 0 Å². The molecule has 0 radical (unpaired) electrons. The van der Waals surface area contributed by atoms with E-state index in [4.69, 9.17) is 0 Å². The maximum absolute atomic E-state index is 11.4. The van der Waals surface area contributed by atoms with Gasteiger partial charge >= 0.3 is 0 Å². The molecule has 0 amide bonds. The van der Waals surface area contributed by atoms with Gasteiger partial charge in [-0.25, -0.2) is 0 Å². The third-order valence-electron chi connectivity index (χ3n) is 3.82. The van der Waals surface area contributed by atoms with Crippen LogP contribution in [0.3, 0.4) is 0 Å². The predicted molar refractivity (Wildman–Crippen MR) is 57.3 cm³/mol. The molecule has 0 N–H and O–H groups in total. The lowest BCUT2D eigenvalue weighted by atomic mass is 9.98. The summed E-state index contributed by atoms with van der Waals surface area (Å²) in [5.41, 5.74) is 0. The summed E-state index contributed by atoms with van der Waals surface area (Å²) in [6.45, 7) is 4.57. The van der Waals surface area contributed by atoms with Gasteiger partial charge in [0.15, 0.2) is 0 Å². The molecule has 2 heterocycles. The van der Waals surface area contributed by atoms with E-state index >= 15 is 0 Å². The second-order valence-electron chi connectivity index (χ2n) is 4.92. The highest BCUT2D eigenvalue weighted by molar-refractivity contribution is 5.81. The maximum Gasteiger partial charge on any atom is 0.136 e. The summed E-state index contributed by atoms with van der Waals surface area (Å²) in [6.07, 6.45) is 6.69. The number of piperidine rings is 1. The van der Waals surface area contributed by atoms with Gasteiger partial charge in [-0.2, -0.15) is 0 Å². The topological polar surface area (TPSA) is 20.3 Å². The van der Waals surface area contributed by atoms with Crippen LogP contribution in [-0.4, -0.2) is 28.8 Å². The van der Waals surface area contributed by atoms with Gasteiger partial charge in [0.1, 0.15) is 5.78 Å². The molecule has 2 saturated heterocycles. The summed E-state index contributed by atoms with van der Waals surface area (Å²) in [5, 5.41) is 0. The number of ketones is 1. The van der Waals surface area contributed by atoms with Gasteiger partial charge in [0.05, 0.1) is 0 Å². The molecule has 0 saturated carbocycles. The molecule has 2 nitrogen and oxygen atoms in total. The Hall–Kier alpha value is -0.370. The second-order valence-corrected chi connectivity index (χ2v) is 4.92. The van der Waals surface area contributed by atoms with Crippen molar-refractivity contribution in [1.29, 1.82) is 0 Å². The molecule has 80 valence electrons. The summed E-state index contributed by atoms with van der Waals surface area (Å²) in [7, 11) is 0. The first kappa shape index (κ1) is 10.2.